The van der Waals surface area contributed by atoms with Crippen LogP contribution in [0.25, 0.3) is 0 Å². The van der Waals surface area contributed by atoms with Crippen LogP contribution in [0, 0.1) is 5.92 Å². The lowest BCUT2D eigenvalue weighted by molar-refractivity contribution is -0.117. The van der Waals surface area contributed by atoms with Crippen molar-refractivity contribution in [2.45, 2.75) is 13.8 Å². The van der Waals surface area contributed by atoms with Crippen LogP contribution in [0.1, 0.15) is 13.8 Å². The number of carbonyl (C=O) groups excluding carboxylic acids is 1. The predicted molar refractivity (Wildman–Crippen MR) is 47.6 cm³/mol. The van der Waals surface area contributed by atoms with Crippen molar-refractivity contribution in [2.24, 2.45) is 5.92 Å². The molecule has 0 aliphatic heterocycles. The molecule has 0 radical (unpaired) electrons. The molecule has 4 heteroatoms. The highest BCUT2D eigenvalue weighted by Crippen LogP contribution is 2.02. The highest BCUT2D eigenvalue weighted by Gasteiger charge is 2.04. The van der Waals surface area contributed by atoms with Crippen LogP contribution in [0.3, 0.4) is 0 Å². The number of rotatable bonds is 3. The first-order valence-electron chi connectivity index (χ1n) is 3.32. The van der Waals surface area contributed by atoms with Gasteiger partial charge in [-0.15, -0.1) is 0 Å². The Labute approximate surface area is 76.6 Å². The zero-order chi connectivity index (χ0) is 8.85. The number of nitrogens with one attached hydrogen (secondary N) is 1. The van der Waals surface area contributed by atoms with Crippen LogP contribution in [0.4, 0.5) is 0 Å². The molecule has 0 fully saturated rings. The number of carbonyl (C=O) groups is 1. The summed E-state index contributed by atoms with van der Waals surface area (Å²) in [5.74, 6) is 0.0918. The van der Waals surface area contributed by atoms with E-state index in [2.05, 4.69) is 5.32 Å². The minimum atomic E-state index is -0.324. The van der Waals surface area contributed by atoms with Crippen molar-refractivity contribution in [1.82, 2.24) is 5.32 Å². The van der Waals surface area contributed by atoms with Gasteiger partial charge < -0.3 is 5.32 Å². The smallest absolute Gasteiger partial charge is 0.263 e. The molecule has 0 rings (SSSR count). The summed E-state index contributed by atoms with van der Waals surface area (Å²) in [7, 11) is 0. The highest BCUT2D eigenvalue weighted by atomic mass is 35.5. The van der Waals surface area contributed by atoms with Gasteiger partial charge in [-0.3, -0.25) is 4.79 Å². The summed E-state index contributed by atoms with van der Waals surface area (Å²) >= 11 is 10.6. The molecule has 0 aromatic heterocycles. The maximum atomic E-state index is 10.9. The van der Waals surface area contributed by atoms with E-state index in [0.29, 0.717) is 12.5 Å². The van der Waals surface area contributed by atoms with Crippen LogP contribution < -0.4 is 5.32 Å². The first-order chi connectivity index (χ1) is 5.07. The molecule has 11 heavy (non-hydrogen) atoms. The van der Waals surface area contributed by atoms with Crippen LogP contribution in [0.5, 0.6) is 0 Å². The maximum Gasteiger partial charge on any atom is 0.263 e. The van der Waals surface area contributed by atoms with Crippen LogP contribution >= 0.6 is 23.2 Å². The SMILES string of the molecule is CC(C)CNC(=O)/C(Cl)=C/Cl. The lowest BCUT2D eigenvalue weighted by Crippen LogP contribution is -2.27. The van der Waals surface area contributed by atoms with Crippen LogP contribution in [-0.4, -0.2) is 12.5 Å². The van der Waals surface area contributed by atoms with E-state index in [1.165, 1.54) is 0 Å². The molecule has 0 aromatic carbocycles. The quantitative estimate of drug-likeness (QED) is 0.688. The summed E-state index contributed by atoms with van der Waals surface area (Å²) in [6.07, 6.45) is 0. The Hall–Kier alpha value is -0.210. The average molecular weight is 196 g/mol. The average Bonchev–Trinajstić information content (AvgIpc) is 1.98. The van der Waals surface area contributed by atoms with Crippen molar-refractivity contribution in [2.75, 3.05) is 6.54 Å². The first-order valence-corrected chi connectivity index (χ1v) is 4.13. The second-order valence-electron chi connectivity index (χ2n) is 2.56. The number of hydrogen-bond acceptors (Lipinski definition) is 1. The molecule has 0 aromatic rings. The molecule has 0 bridgehead atoms. The Kier molecular flexibility index (Phi) is 5.34. The summed E-state index contributed by atoms with van der Waals surface area (Å²) in [4.78, 5) is 10.9. The van der Waals surface area contributed by atoms with Gasteiger partial charge in [0, 0.05) is 12.1 Å². The van der Waals surface area contributed by atoms with E-state index < -0.39 is 0 Å². The number of amides is 1. The van der Waals surface area contributed by atoms with Gasteiger partial charge in [0.2, 0.25) is 0 Å². The maximum absolute atomic E-state index is 10.9. The molecular formula is C7H11Cl2NO. The number of halogens is 2. The van der Waals surface area contributed by atoms with Gasteiger partial charge in [0.1, 0.15) is 5.03 Å². The molecule has 64 valence electrons. The largest absolute Gasteiger partial charge is 0.351 e. The Morgan fingerprint density at radius 3 is 2.55 bits per heavy atom. The topological polar surface area (TPSA) is 29.1 Å². The molecular weight excluding hydrogens is 185 g/mol. The van der Waals surface area contributed by atoms with Crippen LogP contribution in [0.15, 0.2) is 10.6 Å². The molecule has 2 nitrogen and oxygen atoms in total. The second-order valence-corrected chi connectivity index (χ2v) is 3.19. The molecule has 0 aliphatic carbocycles. The van der Waals surface area contributed by atoms with Gasteiger partial charge in [-0.2, -0.15) is 0 Å². The minimum absolute atomic E-state index is 0.0207. The van der Waals surface area contributed by atoms with Gasteiger partial charge in [0.15, 0.2) is 0 Å². The van der Waals surface area contributed by atoms with Crippen molar-refractivity contribution in [3.63, 3.8) is 0 Å². The van der Waals surface area contributed by atoms with E-state index in [9.17, 15) is 4.79 Å². The van der Waals surface area contributed by atoms with Crippen molar-refractivity contribution in [3.8, 4) is 0 Å². The Morgan fingerprint density at radius 1 is 1.64 bits per heavy atom. The van der Waals surface area contributed by atoms with Crippen molar-refractivity contribution in [3.05, 3.63) is 10.6 Å². The van der Waals surface area contributed by atoms with Gasteiger partial charge in [-0.1, -0.05) is 37.0 Å². The zero-order valence-electron chi connectivity index (χ0n) is 6.53. The van der Waals surface area contributed by atoms with E-state index >= 15 is 0 Å². The summed E-state index contributed by atoms with van der Waals surface area (Å²) in [6, 6.07) is 0. The molecule has 0 atom stereocenters. The van der Waals surface area contributed by atoms with Crippen molar-refractivity contribution >= 4 is 29.1 Å². The van der Waals surface area contributed by atoms with Gasteiger partial charge >= 0.3 is 0 Å². The van der Waals surface area contributed by atoms with Gasteiger partial charge in [-0.05, 0) is 5.92 Å². The third-order valence-corrected chi connectivity index (χ3v) is 1.59. The van der Waals surface area contributed by atoms with Gasteiger partial charge in [0.25, 0.3) is 5.91 Å². The third-order valence-electron chi connectivity index (χ3n) is 0.984. The molecule has 1 N–H and O–H groups in total. The van der Waals surface area contributed by atoms with E-state index in [-0.39, 0.29) is 10.9 Å². The number of hydrogen-bond donors (Lipinski definition) is 1. The second kappa shape index (κ2) is 5.44. The Balaban J connectivity index is 3.71. The summed E-state index contributed by atoms with van der Waals surface area (Å²) in [5, 5.41) is 2.63. The molecule has 0 saturated carbocycles. The summed E-state index contributed by atoms with van der Waals surface area (Å²) in [6.45, 7) is 4.61. The van der Waals surface area contributed by atoms with E-state index in [0.717, 1.165) is 5.54 Å². The molecule has 1 amide bonds. The zero-order valence-corrected chi connectivity index (χ0v) is 8.04. The van der Waals surface area contributed by atoms with E-state index in [1.807, 2.05) is 13.8 Å². The molecule has 0 heterocycles. The summed E-state index contributed by atoms with van der Waals surface area (Å²) < 4.78 is 0. The van der Waals surface area contributed by atoms with Gasteiger partial charge in [-0.25, -0.2) is 0 Å². The highest BCUT2D eigenvalue weighted by molar-refractivity contribution is 6.46. The molecule has 0 spiro atoms. The normalized spacial score (nSPS) is 11.9. The molecule has 0 aliphatic rings. The monoisotopic (exact) mass is 195 g/mol. The van der Waals surface area contributed by atoms with Crippen molar-refractivity contribution in [1.29, 1.82) is 0 Å². The predicted octanol–water partition coefficient (Wildman–Crippen LogP) is 2.08. The lowest BCUT2D eigenvalue weighted by Gasteiger charge is -2.05. The Morgan fingerprint density at radius 2 is 2.18 bits per heavy atom. The lowest BCUT2D eigenvalue weighted by atomic mass is 10.2. The summed E-state index contributed by atoms with van der Waals surface area (Å²) in [5.41, 5.74) is 1.05. The fourth-order valence-electron chi connectivity index (χ4n) is 0.431. The minimum Gasteiger partial charge on any atom is -0.351 e. The molecule has 0 unspecified atom stereocenters. The van der Waals surface area contributed by atoms with Crippen LogP contribution in [0.2, 0.25) is 0 Å². The van der Waals surface area contributed by atoms with Gasteiger partial charge in [0.05, 0.1) is 0 Å². The standard InChI is InChI=1S/C7H11Cl2NO/c1-5(2)4-10-7(11)6(9)3-8/h3,5H,4H2,1-2H3,(H,10,11)/b6-3-. The fraction of sp³-hybridized carbons (Fsp3) is 0.571. The fourth-order valence-corrected chi connectivity index (χ4v) is 0.597. The van der Waals surface area contributed by atoms with Crippen molar-refractivity contribution < 1.29 is 4.79 Å². The van der Waals surface area contributed by atoms with Crippen LogP contribution in [-0.2, 0) is 4.79 Å². The van der Waals surface area contributed by atoms with E-state index in [4.69, 9.17) is 23.2 Å². The molecule has 0 saturated heterocycles. The third kappa shape index (κ3) is 5.10. The first kappa shape index (κ1) is 10.8. The Bertz CT molecular complexity index is 166. The van der Waals surface area contributed by atoms with E-state index in [1.54, 1.807) is 0 Å².